The lowest BCUT2D eigenvalue weighted by Crippen LogP contribution is -2.04. The van der Waals surface area contributed by atoms with Gasteiger partial charge in [-0.05, 0) is 41.8 Å². The molecule has 19 heavy (non-hydrogen) atoms. The number of aryl methyl sites for hydroxylation is 1. The minimum Gasteiger partial charge on any atom is -0.298 e. The standard InChI is InChI=1S/C15H11F3O/c1-10-7-11(9-19)5-6-14(10)12-3-2-4-13(8-12)15(16,17)18/h2-9H,1H3. The monoisotopic (exact) mass is 264 g/mol. The Labute approximate surface area is 108 Å². The van der Waals surface area contributed by atoms with Crippen molar-refractivity contribution in [2.45, 2.75) is 13.1 Å². The largest absolute Gasteiger partial charge is 0.416 e. The summed E-state index contributed by atoms with van der Waals surface area (Å²) in [7, 11) is 0. The number of benzene rings is 2. The highest BCUT2D eigenvalue weighted by Gasteiger charge is 2.30. The van der Waals surface area contributed by atoms with E-state index in [1.165, 1.54) is 6.07 Å². The van der Waals surface area contributed by atoms with Gasteiger partial charge >= 0.3 is 6.18 Å². The molecular weight excluding hydrogens is 253 g/mol. The summed E-state index contributed by atoms with van der Waals surface area (Å²) in [6.45, 7) is 1.77. The topological polar surface area (TPSA) is 17.1 Å². The van der Waals surface area contributed by atoms with Gasteiger partial charge in [0.2, 0.25) is 0 Å². The van der Waals surface area contributed by atoms with Gasteiger partial charge in [0.1, 0.15) is 6.29 Å². The van der Waals surface area contributed by atoms with Crippen LogP contribution in [0.5, 0.6) is 0 Å². The minimum absolute atomic E-state index is 0.491. The summed E-state index contributed by atoms with van der Waals surface area (Å²) < 4.78 is 38.0. The Morgan fingerprint density at radius 1 is 1.05 bits per heavy atom. The molecule has 4 heteroatoms. The highest BCUT2D eigenvalue weighted by molar-refractivity contribution is 5.78. The summed E-state index contributed by atoms with van der Waals surface area (Å²) >= 11 is 0. The first-order valence-electron chi connectivity index (χ1n) is 5.65. The third-order valence-electron chi connectivity index (χ3n) is 2.89. The molecular formula is C15H11F3O. The average molecular weight is 264 g/mol. The Kier molecular flexibility index (Phi) is 3.42. The average Bonchev–Trinajstić information content (AvgIpc) is 2.37. The van der Waals surface area contributed by atoms with Crippen molar-refractivity contribution >= 4 is 6.29 Å². The molecule has 0 heterocycles. The smallest absolute Gasteiger partial charge is 0.298 e. The molecule has 0 bridgehead atoms. The maximum atomic E-state index is 12.7. The Balaban J connectivity index is 2.50. The van der Waals surface area contributed by atoms with E-state index < -0.39 is 11.7 Å². The van der Waals surface area contributed by atoms with E-state index in [0.717, 1.165) is 17.7 Å². The van der Waals surface area contributed by atoms with Gasteiger partial charge in [-0.25, -0.2) is 0 Å². The van der Waals surface area contributed by atoms with Gasteiger partial charge in [0.25, 0.3) is 0 Å². The fourth-order valence-corrected chi connectivity index (χ4v) is 1.95. The minimum atomic E-state index is -4.35. The maximum Gasteiger partial charge on any atom is 0.416 e. The lowest BCUT2D eigenvalue weighted by molar-refractivity contribution is -0.137. The number of rotatable bonds is 2. The van der Waals surface area contributed by atoms with Gasteiger partial charge < -0.3 is 0 Å². The molecule has 2 aromatic carbocycles. The maximum absolute atomic E-state index is 12.7. The second kappa shape index (κ2) is 4.88. The SMILES string of the molecule is Cc1cc(C=O)ccc1-c1cccc(C(F)(F)F)c1. The van der Waals surface area contributed by atoms with Crippen LogP contribution in [0, 0.1) is 6.92 Å². The third-order valence-corrected chi connectivity index (χ3v) is 2.89. The highest BCUT2D eigenvalue weighted by atomic mass is 19.4. The van der Waals surface area contributed by atoms with E-state index in [2.05, 4.69) is 0 Å². The van der Waals surface area contributed by atoms with Crippen LogP contribution in [0.3, 0.4) is 0 Å². The normalized spacial score (nSPS) is 11.4. The predicted molar refractivity (Wildman–Crippen MR) is 67.0 cm³/mol. The Morgan fingerprint density at radius 2 is 1.79 bits per heavy atom. The van der Waals surface area contributed by atoms with Crippen molar-refractivity contribution in [3.8, 4) is 11.1 Å². The van der Waals surface area contributed by atoms with Gasteiger partial charge in [0.15, 0.2) is 0 Å². The zero-order valence-electron chi connectivity index (χ0n) is 10.2. The Morgan fingerprint density at radius 3 is 2.37 bits per heavy atom. The van der Waals surface area contributed by atoms with Gasteiger partial charge in [-0.2, -0.15) is 13.2 Å². The van der Waals surface area contributed by atoms with E-state index >= 15 is 0 Å². The Hall–Kier alpha value is -2.10. The van der Waals surface area contributed by atoms with Crippen molar-refractivity contribution in [3.05, 3.63) is 59.2 Å². The second-order valence-corrected chi connectivity index (χ2v) is 4.27. The lowest BCUT2D eigenvalue weighted by atomic mass is 9.97. The number of aldehydes is 1. The number of carbonyl (C=O) groups is 1. The van der Waals surface area contributed by atoms with Crippen molar-refractivity contribution in [1.29, 1.82) is 0 Å². The van der Waals surface area contributed by atoms with Gasteiger partial charge in [-0.15, -0.1) is 0 Å². The van der Waals surface area contributed by atoms with Gasteiger partial charge in [-0.1, -0.05) is 24.3 Å². The molecule has 2 aromatic rings. The summed E-state index contributed by atoms with van der Waals surface area (Å²) in [5.74, 6) is 0. The van der Waals surface area contributed by atoms with E-state index in [1.54, 1.807) is 31.2 Å². The van der Waals surface area contributed by atoms with E-state index in [9.17, 15) is 18.0 Å². The van der Waals surface area contributed by atoms with Crippen molar-refractivity contribution in [1.82, 2.24) is 0 Å². The number of alkyl halides is 3. The van der Waals surface area contributed by atoms with Crippen LogP contribution in [-0.4, -0.2) is 6.29 Å². The number of hydrogen-bond acceptors (Lipinski definition) is 1. The van der Waals surface area contributed by atoms with Gasteiger partial charge in [-0.3, -0.25) is 4.79 Å². The molecule has 0 atom stereocenters. The summed E-state index contributed by atoms with van der Waals surface area (Å²) in [5, 5.41) is 0. The van der Waals surface area contributed by atoms with Gasteiger partial charge in [0, 0.05) is 5.56 Å². The fourth-order valence-electron chi connectivity index (χ4n) is 1.95. The molecule has 0 fully saturated rings. The molecule has 0 aliphatic carbocycles. The van der Waals surface area contributed by atoms with Crippen molar-refractivity contribution in [2.75, 3.05) is 0 Å². The van der Waals surface area contributed by atoms with Gasteiger partial charge in [0.05, 0.1) is 5.56 Å². The molecule has 98 valence electrons. The zero-order chi connectivity index (χ0) is 14.0. The fraction of sp³-hybridized carbons (Fsp3) is 0.133. The van der Waals surface area contributed by atoms with Crippen molar-refractivity contribution in [2.24, 2.45) is 0 Å². The number of halogens is 3. The molecule has 0 amide bonds. The van der Waals surface area contributed by atoms with E-state index in [-0.39, 0.29) is 0 Å². The number of carbonyl (C=O) groups excluding carboxylic acids is 1. The van der Waals surface area contributed by atoms with Crippen molar-refractivity contribution < 1.29 is 18.0 Å². The summed E-state index contributed by atoms with van der Waals surface area (Å²) in [5.41, 5.74) is 1.78. The zero-order valence-corrected chi connectivity index (χ0v) is 10.2. The Bertz CT molecular complexity index is 615. The van der Waals surface area contributed by atoms with Crippen LogP contribution in [0.15, 0.2) is 42.5 Å². The van der Waals surface area contributed by atoms with Crippen LogP contribution in [0.25, 0.3) is 11.1 Å². The van der Waals surface area contributed by atoms with Crippen molar-refractivity contribution in [3.63, 3.8) is 0 Å². The molecule has 0 spiro atoms. The summed E-state index contributed by atoms with van der Waals surface area (Å²) in [6, 6.07) is 10.1. The molecule has 0 unspecified atom stereocenters. The number of hydrogen-bond donors (Lipinski definition) is 0. The van der Waals surface area contributed by atoms with Crippen LogP contribution in [0.2, 0.25) is 0 Å². The molecule has 0 saturated carbocycles. The lowest BCUT2D eigenvalue weighted by Gasteiger charge is -2.11. The van der Waals surface area contributed by atoms with E-state index in [4.69, 9.17) is 0 Å². The quantitative estimate of drug-likeness (QED) is 0.730. The first-order chi connectivity index (χ1) is 8.91. The van der Waals surface area contributed by atoms with Crippen LogP contribution < -0.4 is 0 Å². The molecule has 0 aliphatic heterocycles. The molecule has 1 nitrogen and oxygen atoms in total. The van der Waals surface area contributed by atoms with Crippen LogP contribution in [-0.2, 0) is 6.18 Å². The molecule has 0 aliphatic rings. The molecule has 0 radical (unpaired) electrons. The second-order valence-electron chi connectivity index (χ2n) is 4.27. The van der Waals surface area contributed by atoms with Crippen LogP contribution in [0.1, 0.15) is 21.5 Å². The van der Waals surface area contributed by atoms with Crippen LogP contribution in [0.4, 0.5) is 13.2 Å². The molecule has 2 rings (SSSR count). The molecule has 0 aromatic heterocycles. The summed E-state index contributed by atoms with van der Waals surface area (Å²) in [6.07, 6.45) is -3.64. The van der Waals surface area contributed by atoms with Crippen LogP contribution >= 0.6 is 0 Å². The first-order valence-corrected chi connectivity index (χ1v) is 5.65. The van der Waals surface area contributed by atoms with E-state index in [1.807, 2.05) is 0 Å². The third kappa shape index (κ3) is 2.84. The summed E-state index contributed by atoms with van der Waals surface area (Å²) in [4.78, 5) is 10.6. The highest BCUT2D eigenvalue weighted by Crippen LogP contribution is 2.33. The van der Waals surface area contributed by atoms with E-state index in [0.29, 0.717) is 23.0 Å². The first kappa shape index (κ1) is 13.3. The molecule has 0 N–H and O–H groups in total. The predicted octanol–water partition coefficient (Wildman–Crippen LogP) is 4.49. The molecule has 0 saturated heterocycles.